The third-order valence-electron chi connectivity index (χ3n) is 6.55. The zero-order valence-electron chi connectivity index (χ0n) is 21.6. The molecule has 0 fully saturated rings. The van der Waals surface area contributed by atoms with Crippen LogP contribution in [0.3, 0.4) is 0 Å². The molecule has 0 saturated heterocycles. The first kappa shape index (κ1) is 24.7. The minimum atomic E-state index is 0.356. The predicted molar refractivity (Wildman–Crippen MR) is 157 cm³/mol. The van der Waals surface area contributed by atoms with Gasteiger partial charge < -0.3 is 14.8 Å². The molecule has 2 heterocycles. The van der Waals surface area contributed by atoms with Gasteiger partial charge in [0.25, 0.3) is 0 Å². The van der Waals surface area contributed by atoms with Crippen LogP contribution < -0.4 is 14.8 Å². The summed E-state index contributed by atoms with van der Waals surface area (Å²) in [5.74, 6) is 2.78. The van der Waals surface area contributed by atoms with Crippen LogP contribution in [0.25, 0.3) is 44.3 Å². The van der Waals surface area contributed by atoms with E-state index in [2.05, 4.69) is 40.7 Å². The lowest BCUT2D eigenvalue weighted by Gasteiger charge is -2.15. The van der Waals surface area contributed by atoms with Crippen molar-refractivity contribution in [3.05, 3.63) is 91.1 Å². The lowest BCUT2D eigenvalue weighted by molar-refractivity contribution is 0.313. The highest BCUT2D eigenvalue weighted by Crippen LogP contribution is 2.37. The van der Waals surface area contributed by atoms with Crippen LogP contribution in [0.2, 0.25) is 0 Å². The number of nitrogens with one attached hydrogen (secondary N) is 1. The number of ether oxygens (including phenoxy) is 2. The maximum Gasteiger partial charge on any atom is 0.162 e. The minimum absolute atomic E-state index is 0.356. The summed E-state index contributed by atoms with van der Waals surface area (Å²) in [5.41, 5.74) is 5.80. The van der Waals surface area contributed by atoms with Crippen LogP contribution in [0.4, 0.5) is 11.5 Å². The van der Waals surface area contributed by atoms with Crippen molar-refractivity contribution in [1.29, 1.82) is 0 Å². The van der Waals surface area contributed by atoms with Gasteiger partial charge in [-0.1, -0.05) is 48.5 Å². The van der Waals surface area contributed by atoms with Crippen molar-refractivity contribution in [2.75, 3.05) is 24.9 Å². The van der Waals surface area contributed by atoms with Crippen LogP contribution in [-0.2, 0) is 7.05 Å². The van der Waals surface area contributed by atoms with E-state index in [0.29, 0.717) is 35.6 Å². The molecule has 0 spiro atoms. The molecule has 194 valence electrons. The Morgan fingerprint density at radius 1 is 0.846 bits per heavy atom. The molecular weight excluding hydrogens is 510 g/mol. The van der Waals surface area contributed by atoms with E-state index in [4.69, 9.17) is 31.0 Å². The van der Waals surface area contributed by atoms with Gasteiger partial charge in [0.05, 0.1) is 30.2 Å². The molecule has 0 saturated carbocycles. The molecule has 6 aromatic rings. The topological polar surface area (TPSA) is 74.1 Å². The molecule has 0 unspecified atom stereocenters. The summed E-state index contributed by atoms with van der Waals surface area (Å²) < 4.78 is 13.4. The van der Waals surface area contributed by atoms with Gasteiger partial charge in [0.15, 0.2) is 17.3 Å². The number of benzene rings is 4. The molecule has 7 nitrogen and oxygen atoms in total. The van der Waals surface area contributed by atoms with Gasteiger partial charge in [0, 0.05) is 35.1 Å². The van der Waals surface area contributed by atoms with Crippen molar-refractivity contribution >= 4 is 44.9 Å². The maximum atomic E-state index is 5.89. The average molecular weight is 536 g/mol. The van der Waals surface area contributed by atoms with E-state index >= 15 is 0 Å². The zero-order valence-corrected chi connectivity index (χ0v) is 22.3. The van der Waals surface area contributed by atoms with E-state index in [0.717, 1.165) is 44.2 Å². The molecule has 0 aliphatic carbocycles. The number of aromatic nitrogens is 4. The Morgan fingerprint density at radius 3 is 2.49 bits per heavy atom. The monoisotopic (exact) mass is 535 g/mol. The van der Waals surface area contributed by atoms with Crippen LogP contribution in [0.1, 0.15) is 0 Å². The van der Waals surface area contributed by atoms with Crippen molar-refractivity contribution in [3.8, 4) is 34.0 Å². The number of rotatable bonds is 8. The summed E-state index contributed by atoms with van der Waals surface area (Å²) in [7, 11) is 3.54. The largest absolute Gasteiger partial charge is 0.493 e. The predicted octanol–water partition coefficient (Wildman–Crippen LogP) is 7.22. The summed E-state index contributed by atoms with van der Waals surface area (Å²) >= 11 is 5.89. The van der Waals surface area contributed by atoms with Gasteiger partial charge >= 0.3 is 0 Å². The Morgan fingerprint density at radius 2 is 1.67 bits per heavy atom. The normalized spacial score (nSPS) is 11.2. The van der Waals surface area contributed by atoms with Crippen molar-refractivity contribution in [2.24, 2.45) is 7.05 Å². The second kappa shape index (κ2) is 10.6. The fraction of sp³-hybridized carbons (Fsp3) is 0.129. The highest BCUT2D eigenvalue weighted by Gasteiger charge is 2.16. The van der Waals surface area contributed by atoms with Gasteiger partial charge in [-0.2, -0.15) is 5.10 Å². The van der Waals surface area contributed by atoms with Crippen LogP contribution in [-0.4, -0.2) is 39.3 Å². The summed E-state index contributed by atoms with van der Waals surface area (Å²) in [6.45, 7) is 0.356. The van der Waals surface area contributed by atoms with Crippen LogP contribution >= 0.6 is 11.6 Å². The lowest BCUT2D eigenvalue weighted by atomic mass is 10.0. The molecule has 0 aliphatic rings. The Balaban J connectivity index is 1.50. The van der Waals surface area contributed by atoms with Gasteiger partial charge in [0.1, 0.15) is 12.4 Å². The molecule has 0 aliphatic heterocycles. The van der Waals surface area contributed by atoms with Gasteiger partial charge in [-0.25, -0.2) is 9.97 Å². The molecule has 0 amide bonds. The van der Waals surface area contributed by atoms with Crippen molar-refractivity contribution < 1.29 is 9.47 Å². The van der Waals surface area contributed by atoms with Crippen molar-refractivity contribution in [1.82, 2.24) is 19.7 Å². The first-order valence-corrected chi connectivity index (χ1v) is 13.1. The number of halogens is 1. The first-order chi connectivity index (χ1) is 19.1. The minimum Gasteiger partial charge on any atom is -0.493 e. The Labute approximate surface area is 231 Å². The molecule has 0 radical (unpaired) electrons. The second-order valence-electron chi connectivity index (χ2n) is 9.07. The Bertz CT molecular complexity index is 1790. The quantitative estimate of drug-likeness (QED) is 0.207. The fourth-order valence-corrected chi connectivity index (χ4v) is 4.71. The third kappa shape index (κ3) is 4.96. The highest BCUT2D eigenvalue weighted by atomic mass is 35.5. The summed E-state index contributed by atoms with van der Waals surface area (Å²) in [6.07, 6.45) is 1.85. The molecular formula is C31H26ClN5O2. The van der Waals surface area contributed by atoms with Gasteiger partial charge in [-0.3, -0.25) is 4.68 Å². The molecule has 39 heavy (non-hydrogen) atoms. The molecule has 1 N–H and O–H groups in total. The first-order valence-electron chi connectivity index (χ1n) is 12.6. The van der Waals surface area contributed by atoms with Gasteiger partial charge in [0.2, 0.25) is 0 Å². The molecule has 4 aromatic carbocycles. The molecule has 8 heteroatoms. The van der Waals surface area contributed by atoms with Crippen LogP contribution in [0.5, 0.6) is 11.5 Å². The number of nitrogens with zero attached hydrogens (tertiary/aromatic N) is 4. The van der Waals surface area contributed by atoms with Crippen LogP contribution in [0, 0.1) is 0 Å². The number of aryl methyl sites for hydroxylation is 1. The highest BCUT2D eigenvalue weighted by molar-refractivity contribution is 6.18. The Hall–Kier alpha value is -4.62. The van der Waals surface area contributed by atoms with E-state index in [1.165, 1.54) is 0 Å². The number of fused-ring (bicyclic) bond motifs is 2. The van der Waals surface area contributed by atoms with E-state index < -0.39 is 0 Å². The second-order valence-corrected chi connectivity index (χ2v) is 9.45. The van der Waals surface area contributed by atoms with E-state index in [1.807, 2.05) is 72.5 Å². The fourth-order valence-electron chi connectivity index (χ4n) is 4.63. The average Bonchev–Trinajstić information content (AvgIpc) is 3.35. The lowest BCUT2D eigenvalue weighted by Crippen LogP contribution is -2.03. The number of hydrogen-bond donors (Lipinski definition) is 1. The van der Waals surface area contributed by atoms with Crippen LogP contribution in [0.15, 0.2) is 91.1 Å². The maximum absolute atomic E-state index is 5.89. The standard InChI is InChI=1S/C31H26ClN5O2/c1-37-27-12-11-24(16-23(27)19-33-37)34-31-25-17-29(39-14-13-32)28(38-2)18-26(25)35-30(36-31)22-10-6-9-21(15-22)20-7-4-3-5-8-20/h3-12,15-19H,13-14H2,1-2H3,(H,34,35,36). The van der Waals surface area contributed by atoms with Gasteiger partial charge in [-0.15, -0.1) is 11.6 Å². The van der Waals surface area contributed by atoms with E-state index in [9.17, 15) is 0 Å². The molecule has 0 atom stereocenters. The van der Waals surface area contributed by atoms with Crippen molar-refractivity contribution in [3.63, 3.8) is 0 Å². The molecule has 0 bridgehead atoms. The number of anilines is 2. The SMILES string of the molecule is COc1cc2nc(-c3cccc(-c4ccccc4)c3)nc(Nc3ccc4c(cnn4C)c3)c2cc1OCCCl. The van der Waals surface area contributed by atoms with E-state index in [-0.39, 0.29) is 0 Å². The zero-order chi connectivity index (χ0) is 26.8. The number of methoxy groups -OCH3 is 1. The van der Waals surface area contributed by atoms with E-state index in [1.54, 1.807) is 7.11 Å². The van der Waals surface area contributed by atoms with Crippen molar-refractivity contribution in [2.45, 2.75) is 0 Å². The summed E-state index contributed by atoms with van der Waals surface area (Å²) in [4.78, 5) is 9.94. The number of hydrogen-bond acceptors (Lipinski definition) is 6. The molecule has 6 rings (SSSR count). The number of alkyl halides is 1. The smallest absolute Gasteiger partial charge is 0.162 e. The van der Waals surface area contributed by atoms with Gasteiger partial charge in [-0.05, 0) is 41.5 Å². The summed E-state index contributed by atoms with van der Waals surface area (Å²) in [5, 5.41) is 9.71. The molecule has 2 aromatic heterocycles. The Kier molecular flexibility index (Phi) is 6.73. The third-order valence-corrected chi connectivity index (χ3v) is 6.71. The summed E-state index contributed by atoms with van der Waals surface area (Å²) in [6, 6.07) is 28.4.